The Labute approximate surface area is 141 Å². The molecule has 1 saturated carbocycles. The molecule has 2 aliphatic rings. The highest BCUT2D eigenvalue weighted by Gasteiger charge is 2.47. The lowest BCUT2D eigenvalue weighted by Gasteiger charge is -2.33. The maximum atomic E-state index is 12.8. The Balaban J connectivity index is 1.41. The molecule has 4 nitrogen and oxygen atoms in total. The normalized spacial score (nSPS) is 27.2. The maximum Gasteiger partial charge on any atom is 0.226 e. The standard InChI is InChI=1S/C18H23N3OS/c1-12-9-19-21(10-12)14-4-3-7-20(11-14)18(22)16-8-15(16)17-6-5-13(2)23-17/h5-6,9-10,14-16H,3-4,7-8,11H2,1-2H3/t14-,15-,16+/m1/s1. The van der Waals surface area contributed by atoms with Crippen LogP contribution in [0, 0.1) is 19.8 Å². The van der Waals surface area contributed by atoms with Gasteiger partial charge in [-0.3, -0.25) is 9.48 Å². The van der Waals surface area contributed by atoms with Crippen molar-refractivity contribution in [1.29, 1.82) is 0 Å². The minimum Gasteiger partial charge on any atom is -0.340 e. The Hall–Kier alpha value is -1.62. The van der Waals surface area contributed by atoms with Crippen LogP contribution in [0.2, 0.25) is 0 Å². The van der Waals surface area contributed by atoms with Gasteiger partial charge in [0.1, 0.15) is 0 Å². The molecule has 0 bridgehead atoms. The van der Waals surface area contributed by atoms with Gasteiger partial charge >= 0.3 is 0 Å². The summed E-state index contributed by atoms with van der Waals surface area (Å²) in [6, 6.07) is 4.70. The van der Waals surface area contributed by atoms with Crippen molar-refractivity contribution < 1.29 is 4.79 Å². The van der Waals surface area contributed by atoms with Crippen LogP contribution >= 0.6 is 11.3 Å². The highest BCUT2D eigenvalue weighted by Crippen LogP contribution is 2.50. The number of carbonyl (C=O) groups excluding carboxylic acids is 1. The topological polar surface area (TPSA) is 38.1 Å². The van der Waals surface area contributed by atoms with Crippen LogP contribution in [0.4, 0.5) is 0 Å². The molecule has 3 atom stereocenters. The minimum absolute atomic E-state index is 0.214. The largest absolute Gasteiger partial charge is 0.340 e. The van der Waals surface area contributed by atoms with Crippen molar-refractivity contribution in [2.75, 3.05) is 13.1 Å². The van der Waals surface area contributed by atoms with Crippen LogP contribution in [0.1, 0.15) is 46.5 Å². The first-order valence-corrected chi connectivity index (χ1v) is 9.29. The quantitative estimate of drug-likeness (QED) is 0.864. The Kier molecular flexibility index (Phi) is 3.76. The molecule has 2 fully saturated rings. The molecular formula is C18H23N3OS. The van der Waals surface area contributed by atoms with Gasteiger partial charge in [-0.05, 0) is 50.8 Å². The minimum atomic E-state index is 0.214. The lowest BCUT2D eigenvalue weighted by Crippen LogP contribution is -2.41. The zero-order valence-corrected chi connectivity index (χ0v) is 14.6. The number of piperidine rings is 1. The van der Waals surface area contributed by atoms with Crippen molar-refractivity contribution in [1.82, 2.24) is 14.7 Å². The van der Waals surface area contributed by atoms with Crippen LogP contribution in [-0.2, 0) is 4.79 Å². The molecule has 1 saturated heterocycles. The van der Waals surface area contributed by atoms with Crippen molar-refractivity contribution in [3.8, 4) is 0 Å². The second kappa shape index (κ2) is 5.78. The summed E-state index contributed by atoms with van der Waals surface area (Å²) in [7, 11) is 0. The summed E-state index contributed by atoms with van der Waals surface area (Å²) >= 11 is 1.84. The second-order valence-electron chi connectivity index (χ2n) is 6.98. The van der Waals surface area contributed by atoms with Crippen molar-refractivity contribution in [2.24, 2.45) is 5.92 Å². The van der Waals surface area contributed by atoms with Crippen LogP contribution in [0.25, 0.3) is 0 Å². The van der Waals surface area contributed by atoms with E-state index in [1.54, 1.807) is 0 Å². The molecule has 23 heavy (non-hydrogen) atoms. The summed E-state index contributed by atoms with van der Waals surface area (Å²) in [6.07, 6.45) is 7.21. The fourth-order valence-electron chi connectivity index (χ4n) is 3.67. The van der Waals surface area contributed by atoms with Crippen molar-refractivity contribution in [2.45, 2.75) is 45.1 Å². The molecule has 0 N–H and O–H groups in total. The fourth-order valence-corrected chi connectivity index (χ4v) is 4.73. The van der Waals surface area contributed by atoms with Gasteiger partial charge in [0.15, 0.2) is 0 Å². The predicted molar refractivity (Wildman–Crippen MR) is 91.7 cm³/mol. The van der Waals surface area contributed by atoms with Gasteiger partial charge in [0.25, 0.3) is 0 Å². The number of nitrogens with zero attached hydrogens (tertiary/aromatic N) is 3. The molecule has 2 aromatic heterocycles. The van der Waals surface area contributed by atoms with Gasteiger partial charge in [-0.1, -0.05) is 0 Å². The maximum absolute atomic E-state index is 12.8. The first kappa shape index (κ1) is 14.9. The van der Waals surface area contributed by atoms with E-state index in [1.807, 2.05) is 22.2 Å². The summed E-state index contributed by atoms with van der Waals surface area (Å²) in [6.45, 7) is 5.91. The van der Waals surface area contributed by atoms with Crippen molar-refractivity contribution in [3.63, 3.8) is 0 Å². The fraction of sp³-hybridized carbons (Fsp3) is 0.556. The third-order valence-electron chi connectivity index (χ3n) is 5.05. The number of hydrogen-bond acceptors (Lipinski definition) is 3. The Morgan fingerprint density at radius 1 is 1.35 bits per heavy atom. The molecule has 5 heteroatoms. The van der Waals surface area contributed by atoms with Crippen LogP contribution < -0.4 is 0 Å². The molecule has 2 aromatic rings. The molecule has 1 aliphatic carbocycles. The van der Waals surface area contributed by atoms with Crippen LogP contribution in [-0.4, -0.2) is 33.7 Å². The summed E-state index contributed by atoms with van der Waals surface area (Å²) in [4.78, 5) is 17.6. The third-order valence-corrected chi connectivity index (χ3v) is 6.18. The van der Waals surface area contributed by atoms with Gasteiger partial charge in [-0.15, -0.1) is 11.3 Å². The van der Waals surface area contributed by atoms with E-state index in [2.05, 4.69) is 42.2 Å². The zero-order valence-electron chi connectivity index (χ0n) is 13.7. The van der Waals surface area contributed by atoms with Crippen molar-refractivity contribution in [3.05, 3.63) is 39.8 Å². The lowest BCUT2D eigenvalue weighted by molar-refractivity contribution is -0.134. The number of carbonyl (C=O) groups is 1. The molecule has 4 rings (SSSR count). The van der Waals surface area contributed by atoms with Gasteiger partial charge in [0.05, 0.1) is 12.2 Å². The summed E-state index contributed by atoms with van der Waals surface area (Å²) in [5.74, 6) is 1.04. The average Bonchev–Trinajstić information content (AvgIpc) is 3.04. The van der Waals surface area contributed by atoms with Gasteiger partial charge in [-0.2, -0.15) is 5.10 Å². The number of thiophene rings is 1. The summed E-state index contributed by atoms with van der Waals surface area (Å²) in [5, 5.41) is 4.44. The van der Waals surface area contributed by atoms with Gasteiger partial charge < -0.3 is 4.90 Å². The number of rotatable bonds is 3. The first-order chi connectivity index (χ1) is 11.1. The molecule has 1 aliphatic heterocycles. The van der Waals surface area contributed by atoms with Crippen molar-refractivity contribution >= 4 is 17.2 Å². The monoisotopic (exact) mass is 329 g/mol. The number of aromatic nitrogens is 2. The second-order valence-corrected chi connectivity index (χ2v) is 8.29. The SMILES string of the molecule is Cc1cnn([C@@H]2CCCN(C(=O)[C@H]3C[C@H]3c3ccc(C)s3)C2)c1. The molecule has 0 spiro atoms. The molecular weight excluding hydrogens is 306 g/mol. The molecule has 0 radical (unpaired) electrons. The van der Waals surface area contributed by atoms with Crippen LogP contribution in [0.5, 0.6) is 0 Å². The molecule has 0 unspecified atom stereocenters. The van der Waals surface area contributed by atoms with E-state index in [1.165, 1.54) is 15.3 Å². The Morgan fingerprint density at radius 2 is 2.22 bits per heavy atom. The Bertz CT molecular complexity index is 719. The zero-order chi connectivity index (χ0) is 16.0. The van der Waals surface area contributed by atoms with E-state index in [-0.39, 0.29) is 5.92 Å². The smallest absolute Gasteiger partial charge is 0.226 e. The highest BCUT2D eigenvalue weighted by atomic mass is 32.1. The van der Waals surface area contributed by atoms with Gasteiger partial charge in [0.2, 0.25) is 5.91 Å². The Morgan fingerprint density at radius 3 is 2.91 bits per heavy atom. The van der Waals surface area contributed by atoms with E-state index >= 15 is 0 Å². The van der Waals surface area contributed by atoms with E-state index in [9.17, 15) is 4.79 Å². The van der Waals surface area contributed by atoms with Gasteiger partial charge in [0, 0.05) is 40.9 Å². The molecule has 122 valence electrons. The average molecular weight is 329 g/mol. The summed E-state index contributed by atoms with van der Waals surface area (Å²) < 4.78 is 2.04. The molecule has 1 amide bonds. The van der Waals surface area contributed by atoms with E-state index in [0.717, 1.165) is 32.4 Å². The lowest BCUT2D eigenvalue weighted by atomic mass is 10.0. The van der Waals surface area contributed by atoms with E-state index in [4.69, 9.17) is 0 Å². The molecule has 3 heterocycles. The number of likely N-dealkylation sites (tertiary alicyclic amines) is 1. The third kappa shape index (κ3) is 2.94. The van der Waals surface area contributed by atoms with Gasteiger partial charge in [-0.25, -0.2) is 0 Å². The predicted octanol–water partition coefficient (Wildman–Crippen LogP) is 3.53. The van der Waals surface area contributed by atoms with Crippen LogP contribution in [0.3, 0.4) is 0 Å². The summed E-state index contributed by atoms with van der Waals surface area (Å²) in [5.41, 5.74) is 1.18. The number of aryl methyl sites for hydroxylation is 2. The number of amides is 1. The number of hydrogen-bond donors (Lipinski definition) is 0. The highest BCUT2D eigenvalue weighted by molar-refractivity contribution is 7.12. The van der Waals surface area contributed by atoms with E-state index in [0.29, 0.717) is 17.9 Å². The van der Waals surface area contributed by atoms with Crippen LogP contribution in [0.15, 0.2) is 24.5 Å². The van der Waals surface area contributed by atoms with E-state index < -0.39 is 0 Å². The molecule has 0 aromatic carbocycles. The first-order valence-electron chi connectivity index (χ1n) is 8.47.